The molecule has 0 aliphatic heterocycles. The van der Waals surface area contributed by atoms with Gasteiger partial charge in [0.2, 0.25) is 0 Å². The summed E-state index contributed by atoms with van der Waals surface area (Å²) in [5, 5.41) is 2.09. The van der Waals surface area contributed by atoms with E-state index < -0.39 is 0 Å². The van der Waals surface area contributed by atoms with E-state index in [-0.39, 0.29) is 5.56 Å². The Balaban J connectivity index is 2.63. The molecule has 0 saturated carbocycles. The molecule has 0 aliphatic carbocycles. The topological polar surface area (TPSA) is 34.4 Å². The lowest BCUT2D eigenvalue weighted by molar-refractivity contribution is 1.09. The van der Waals surface area contributed by atoms with Gasteiger partial charge in [0.15, 0.2) is 0 Å². The molecule has 0 aliphatic rings. The normalized spacial score (nSPS) is 10.9. The molecule has 3 aromatic rings. The van der Waals surface area contributed by atoms with Crippen LogP contribution in [0.2, 0.25) is 0 Å². The molecule has 3 rings (SSSR count). The Morgan fingerprint density at radius 3 is 2.73 bits per heavy atom. The van der Waals surface area contributed by atoms with Crippen LogP contribution in [-0.4, -0.2) is 9.38 Å². The molecule has 2 heterocycles. The number of benzene rings is 1. The fraction of sp³-hybridized carbons (Fsp3) is 0. The van der Waals surface area contributed by atoms with Crippen LogP contribution in [0.15, 0.2) is 53.6 Å². The quantitative estimate of drug-likeness (QED) is 0.514. The third kappa shape index (κ3) is 1.21. The Morgan fingerprint density at radius 2 is 1.80 bits per heavy atom. The van der Waals surface area contributed by atoms with Crippen molar-refractivity contribution in [2.45, 2.75) is 0 Å². The number of nitrogens with zero attached hydrogens (tertiary/aromatic N) is 2. The van der Waals surface area contributed by atoms with Crippen LogP contribution < -0.4 is 5.56 Å². The van der Waals surface area contributed by atoms with Gasteiger partial charge in [-0.15, -0.1) is 0 Å². The van der Waals surface area contributed by atoms with E-state index in [9.17, 15) is 4.79 Å². The Hall–Kier alpha value is -2.16. The molecule has 0 radical (unpaired) electrons. The molecular formula is C12H8N2O. The summed E-state index contributed by atoms with van der Waals surface area (Å²) in [6.07, 6.45) is 3.64. The Labute approximate surface area is 85.6 Å². The van der Waals surface area contributed by atoms with Gasteiger partial charge < -0.3 is 4.40 Å². The van der Waals surface area contributed by atoms with Crippen LogP contribution in [0.5, 0.6) is 0 Å². The molecule has 72 valence electrons. The van der Waals surface area contributed by atoms with Gasteiger partial charge in [0.25, 0.3) is 5.56 Å². The second-order valence-electron chi connectivity index (χ2n) is 3.40. The van der Waals surface area contributed by atoms with E-state index in [2.05, 4.69) is 4.98 Å². The number of fused-ring (bicyclic) bond motifs is 3. The standard InChI is InChI=1S/C12H8N2O/c15-11-6-8-14-7-5-9-3-1-2-4-10(9)12(14)13-11/h1-8H. The van der Waals surface area contributed by atoms with Gasteiger partial charge in [-0.1, -0.05) is 24.3 Å². The average molecular weight is 196 g/mol. The Morgan fingerprint density at radius 1 is 1.00 bits per heavy atom. The van der Waals surface area contributed by atoms with Crippen molar-refractivity contribution in [1.29, 1.82) is 0 Å². The van der Waals surface area contributed by atoms with E-state index in [1.165, 1.54) is 6.07 Å². The summed E-state index contributed by atoms with van der Waals surface area (Å²) in [6, 6.07) is 11.4. The molecule has 0 amide bonds. The average Bonchev–Trinajstić information content (AvgIpc) is 2.29. The summed E-state index contributed by atoms with van der Waals surface area (Å²) in [5.41, 5.74) is 0.506. The molecular weight excluding hydrogens is 188 g/mol. The predicted octanol–water partition coefficient (Wildman–Crippen LogP) is 1.85. The van der Waals surface area contributed by atoms with Crippen LogP contribution in [-0.2, 0) is 0 Å². The first-order valence-electron chi connectivity index (χ1n) is 4.71. The third-order valence-corrected chi connectivity index (χ3v) is 2.45. The highest BCUT2D eigenvalue weighted by Crippen LogP contribution is 2.16. The third-order valence-electron chi connectivity index (χ3n) is 2.45. The van der Waals surface area contributed by atoms with E-state index >= 15 is 0 Å². The molecule has 0 spiro atoms. The molecule has 1 aromatic carbocycles. The molecule has 0 bridgehead atoms. The lowest BCUT2D eigenvalue weighted by Gasteiger charge is -2.03. The molecule has 3 nitrogen and oxygen atoms in total. The minimum absolute atomic E-state index is 0.202. The van der Waals surface area contributed by atoms with Crippen molar-refractivity contribution in [3.8, 4) is 0 Å². The zero-order chi connectivity index (χ0) is 10.3. The SMILES string of the molecule is O=c1ccn2ccc3ccccc3c2n1. The zero-order valence-corrected chi connectivity index (χ0v) is 7.92. The predicted molar refractivity (Wildman–Crippen MR) is 59.0 cm³/mol. The fourth-order valence-corrected chi connectivity index (χ4v) is 1.74. The van der Waals surface area contributed by atoms with Gasteiger partial charge in [0.05, 0.1) is 0 Å². The summed E-state index contributed by atoms with van der Waals surface area (Å²) in [5.74, 6) is 0. The summed E-state index contributed by atoms with van der Waals surface area (Å²) >= 11 is 0. The highest BCUT2D eigenvalue weighted by Gasteiger charge is 1.99. The summed E-state index contributed by atoms with van der Waals surface area (Å²) < 4.78 is 1.85. The van der Waals surface area contributed by atoms with E-state index in [1.807, 2.05) is 40.9 Å². The van der Waals surface area contributed by atoms with Gasteiger partial charge in [-0.2, -0.15) is 4.98 Å². The molecule has 3 heteroatoms. The number of hydrogen-bond donors (Lipinski definition) is 0. The maximum absolute atomic E-state index is 11.2. The number of pyridine rings is 1. The largest absolute Gasteiger partial charge is 0.308 e. The first-order valence-corrected chi connectivity index (χ1v) is 4.71. The second kappa shape index (κ2) is 2.92. The number of hydrogen-bond acceptors (Lipinski definition) is 2. The van der Waals surface area contributed by atoms with Crippen molar-refractivity contribution in [2.75, 3.05) is 0 Å². The first kappa shape index (κ1) is 8.17. The lowest BCUT2D eigenvalue weighted by atomic mass is 10.2. The van der Waals surface area contributed by atoms with Crippen LogP contribution >= 0.6 is 0 Å². The summed E-state index contributed by atoms with van der Waals surface area (Å²) in [6.45, 7) is 0. The summed E-state index contributed by atoms with van der Waals surface area (Å²) in [7, 11) is 0. The second-order valence-corrected chi connectivity index (χ2v) is 3.40. The number of aromatic nitrogens is 2. The fourth-order valence-electron chi connectivity index (χ4n) is 1.74. The molecule has 0 saturated heterocycles. The maximum atomic E-state index is 11.2. The van der Waals surface area contributed by atoms with E-state index in [0.717, 1.165) is 10.8 Å². The van der Waals surface area contributed by atoms with Gasteiger partial charge in [-0.25, -0.2) is 0 Å². The smallest absolute Gasteiger partial charge is 0.273 e. The van der Waals surface area contributed by atoms with Crippen molar-refractivity contribution in [3.63, 3.8) is 0 Å². The molecule has 0 N–H and O–H groups in total. The highest BCUT2D eigenvalue weighted by atomic mass is 16.1. The van der Waals surface area contributed by atoms with Gasteiger partial charge in [-0.3, -0.25) is 4.79 Å². The van der Waals surface area contributed by atoms with E-state index in [4.69, 9.17) is 0 Å². The Bertz CT molecular complexity index is 700. The number of rotatable bonds is 0. The van der Waals surface area contributed by atoms with Crippen LogP contribution in [0.1, 0.15) is 0 Å². The van der Waals surface area contributed by atoms with Crippen LogP contribution in [0.4, 0.5) is 0 Å². The van der Waals surface area contributed by atoms with Crippen molar-refractivity contribution < 1.29 is 0 Å². The van der Waals surface area contributed by atoms with Crippen LogP contribution in [0.25, 0.3) is 16.4 Å². The minimum atomic E-state index is -0.202. The van der Waals surface area contributed by atoms with Crippen LogP contribution in [0, 0.1) is 0 Å². The summed E-state index contributed by atoms with van der Waals surface area (Å²) in [4.78, 5) is 15.2. The van der Waals surface area contributed by atoms with Crippen molar-refractivity contribution in [1.82, 2.24) is 9.38 Å². The molecule has 0 unspecified atom stereocenters. The first-order chi connectivity index (χ1) is 7.34. The van der Waals surface area contributed by atoms with Crippen molar-refractivity contribution in [3.05, 3.63) is 59.1 Å². The maximum Gasteiger partial charge on any atom is 0.273 e. The zero-order valence-electron chi connectivity index (χ0n) is 7.92. The monoisotopic (exact) mass is 196 g/mol. The van der Waals surface area contributed by atoms with E-state index in [0.29, 0.717) is 5.65 Å². The van der Waals surface area contributed by atoms with Crippen molar-refractivity contribution >= 4 is 16.4 Å². The van der Waals surface area contributed by atoms with E-state index in [1.54, 1.807) is 6.20 Å². The van der Waals surface area contributed by atoms with Crippen LogP contribution in [0.3, 0.4) is 0 Å². The molecule has 2 aromatic heterocycles. The van der Waals surface area contributed by atoms with Gasteiger partial charge in [0.1, 0.15) is 5.65 Å². The molecule has 0 fully saturated rings. The highest BCUT2D eigenvalue weighted by molar-refractivity contribution is 5.93. The lowest BCUT2D eigenvalue weighted by Crippen LogP contribution is -2.06. The Kier molecular flexibility index (Phi) is 1.59. The van der Waals surface area contributed by atoms with Gasteiger partial charge >= 0.3 is 0 Å². The van der Waals surface area contributed by atoms with Gasteiger partial charge in [0, 0.05) is 23.8 Å². The molecule has 15 heavy (non-hydrogen) atoms. The minimum Gasteiger partial charge on any atom is -0.308 e. The van der Waals surface area contributed by atoms with Gasteiger partial charge in [-0.05, 0) is 11.5 Å². The van der Waals surface area contributed by atoms with Crippen molar-refractivity contribution in [2.24, 2.45) is 0 Å². The molecule has 0 atom stereocenters.